The van der Waals surface area contributed by atoms with Crippen LogP contribution in [0.2, 0.25) is 0 Å². The molecule has 1 amide bonds. The average Bonchev–Trinajstić information content (AvgIpc) is 3.04. The number of carbonyl (C=O) groups excluding carboxylic acids is 3. The number of ether oxygens (including phenoxy) is 1. The lowest BCUT2D eigenvalue weighted by Gasteiger charge is -2.31. The maximum atomic E-state index is 13.8. The zero-order chi connectivity index (χ0) is 21.3. The van der Waals surface area contributed by atoms with E-state index in [1.807, 2.05) is 25.7 Å². The average molecular weight is 401 g/mol. The Hall–Kier alpha value is -1.50. The Morgan fingerprint density at radius 2 is 1.82 bits per heavy atom. The molecule has 6 nitrogen and oxygen atoms in total. The minimum Gasteiger partial charge on any atom is -0.430 e. The Morgan fingerprint density at radius 3 is 2.36 bits per heavy atom. The second-order valence-electron chi connectivity index (χ2n) is 7.90. The monoisotopic (exact) mass is 400 g/mol. The van der Waals surface area contributed by atoms with E-state index in [2.05, 4.69) is 12.2 Å². The van der Waals surface area contributed by atoms with Gasteiger partial charge >= 0.3 is 5.97 Å². The molecule has 1 N–H and O–H groups in total. The van der Waals surface area contributed by atoms with Crippen LogP contribution in [0.15, 0.2) is 0 Å². The van der Waals surface area contributed by atoms with E-state index in [-0.39, 0.29) is 36.0 Å². The van der Waals surface area contributed by atoms with Crippen molar-refractivity contribution in [3.8, 4) is 0 Å². The van der Waals surface area contributed by atoms with Gasteiger partial charge in [-0.1, -0.05) is 27.2 Å². The molecule has 1 saturated heterocycles. The molecular formula is C21H37FN2O4. The first-order valence-electron chi connectivity index (χ1n) is 10.6. The number of esters is 1. The summed E-state index contributed by atoms with van der Waals surface area (Å²) in [6.07, 6.45) is 1.77. The molecule has 1 fully saturated rings. The molecule has 162 valence electrons. The van der Waals surface area contributed by atoms with Gasteiger partial charge in [-0.3, -0.25) is 19.3 Å². The highest BCUT2D eigenvalue weighted by molar-refractivity contribution is 5.84. The van der Waals surface area contributed by atoms with Crippen LogP contribution in [0.1, 0.15) is 73.1 Å². The van der Waals surface area contributed by atoms with Crippen molar-refractivity contribution in [1.29, 1.82) is 0 Å². The molecule has 28 heavy (non-hydrogen) atoms. The molecule has 0 bridgehead atoms. The first-order valence-corrected chi connectivity index (χ1v) is 10.6. The molecular weight excluding hydrogens is 363 g/mol. The third-order valence-corrected chi connectivity index (χ3v) is 5.51. The fraction of sp³-hybridized carbons (Fsp3) is 0.857. The molecule has 7 heteroatoms. The maximum Gasteiger partial charge on any atom is 0.325 e. The number of nitrogens with one attached hydrogen (secondary N) is 1. The molecule has 0 radical (unpaired) electrons. The van der Waals surface area contributed by atoms with Gasteiger partial charge in [-0.2, -0.15) is 0 Å². The van der Waals surface area contributed by atoms with Crippen molar-refractivity contribution in [3.63, 3.8) is 0 Å². The predicted molar refractivity (Wildman–Crippen MR) is 106 cm³/mol. The van der Waals surface area contributed by atoms with Gasteiger partial charge in [0.25, 0.3) is 0 Å². The summed E-state index contributed by atoms with van der Waals surface area (Å²) in [6.45, 7) is 10.2. The molecule has 0 aromatic heterocycles. The summed E-state index contributed by atoms with van der Waals surface area (Å²) in [4.78, 5) is 38.2. The van der Waals surface area contributed by atoms with Gasteiger partial charge in [0.1, 0.15) is 11.8 Å². The second kappa shape index (κ2) is 12.1. The Balaban J connectivity index is 2.92. The lowest BCUT2D eigenvalue weighted by atomic mass is 9.95. The van der Waals surface area contributed by atoms with Gasteiger partial charge in [0, 0.05) is 44.8 Å². The lowest BCUT2D eigenvalue weighted by Crippen LogP contribution is -2.46. The lowest BCUT2D eigenvalue weighted by molar-refractivity contribution is -0.164. The van der Waals surface area contributed by atoms with Crippen molar-refractivity contribution in [2.45, 2.75) is 91.6 Å². The summed E-state index contributed by atoms with van der Waals surface area (Å²) in [6, 6.07) is -0.663. The normalized spacial score (nSPS) is 23.1. The van der Waals surface area contributed by atoms with Gasteiger partial charge in [-0.15, -0.1) is 0 Å². The smallest absolute Gasteiger partial charge is 0.325 e. The molecule has 0 spiro atoms. The largest absolute Gasteiger partial charge is 0.430 e. The first-order chi connectivity index (χ1) is 13.2. The maximum absolute atomic E-state index is 13.8. The number of hydrogen-bond donors (Lipinski definition) is 1. The number of alkyl halides is 1. The molecule has 1 aliphatic rings. The Kier molecular flexibility index (Phi) is 10.6. The number of Topliss-reactive ketones (excluding diaryl/α,β-unsaturated/α-hetero) is 1. The van der Waals surface area contributed by atoms with Crippen LogP contribution >= 0.6 is 0 Å². The van der Waals surface area contributed by atoms with E-state index >= 15 is 0 Å². The molecule has 0 aliphatic carbocycles. The van der Waals surface area contributed by atoms with E-state index < -0.39 is 18.4 Å². The number of ketones is 1. The highest BCUT2D eigenvalue weighted by Crippen LogP contribution is 2.29. The third kappa shape index (κ3) is 7.49. The Bertz CT molecular complexity index is 529. The molecule has 0 aromatic rings. The number of carbonyl (C=O) groups is 3. The summed E-state index contributed by atoms with van der Waals surface area (Å²) >= 11 is 0. The third-order valence-electron chi connectivity index (χ3n) is 5.51. The quantitative estimate of drug-likeness (QED) is 0.509. The molecule has 1 rings (SSSR count). The fourth-order valence-corrected chi connectivity index (χ4v) is 3.97. The number of halogens is 1. The van der Waals surface area contributed by atoms with Gasteiger partial charge in [0.15, 0.2) is 0 Å². The molecule has 1 heterocycles. The number of nitrogens with zero attached hydrogens (tertiary/aromatic N) is 1. The predicted octanol–water partition coefficient (Wildman–Crippen LogP) is 3.24. The van der Waals surface area contributed by atoms with E-state index in [0.29, 0.717) is 32.4 Å². The van der Waals surface area contributed by atoms with Crippen LogP contribution in [0, 0.1) is 11.8 Å². The second-order valence-corrected chi connectivity index (χ2v) is 7.90. The van der Waals surface area contributed by atoms with E-state index in [4.69, 9.17) is 4.74 Å². The van der Waals surface area contributed by atoms with Crippen molar-refractivity contribution in [1.82, 2.24) is 10.2 Å². The van der Waals surface area contributed by atoms with Gasteiger partial charge < -0.3 is 10.1 Å². The van der Waals surface area contributed by atoms with E-state index in [1.165, 1.54) is 6.92 Å². The van der Waals surface area contributed by atoms with Crippen molar-refractivity contribution in [2.75, 3.05) is 13.1 Å². The van der Waals surface area contributed by atoms with Crippen molar-refractivity contribution in [3.05, 3.63) is 0 Å². The topological polar surface area (TPSA) is 75.7 Å². The van der Waals surface area contributed by atoms with Gasteiger partial charge in [-0.05, 0) is 32.1 Å². The SMILES string of the molecule is CCCC(F)OC(=O)[C@H]1C[C@@H](C(=O)CC)CN1CC(CCC)C(C)NC(C)=O. The molecule has 0 aromatic carbocycles. The zero-order valence-electron chi connectivity index (χ0n) is 18.0. The molecule has 5 atom stereocenters. The van der Waals surface area contributed by atoms with Gasteiger partial charge in [-0.25, -0.2) is 4.39 Å². The number of likely N-dealkylation sites (tertiary alicyclic amines) is 1. The highest BCUT2D eigenvalue weighted by atomic mass is 19.1. The van der Waals surface area contributed by atoms with E-state index in [9.17, 15) is 18.8 Å². The van der Waals surface area contributed by atoms with Crippen LogP contribution in [0.4, 0.5) is 4.39 Å². The van der Waals surface area contributed by atoms with Crippen LogP contribution in [-0.2, 0) is 19.1 Å². The summed E-state index contributed by atoms with van der Waals surface area (Å²) < 4.78 is 18.8. The fourth-order valence-electron chi connectivity index (χ4n) is 3.97. The first kappa shape index (κ1) is 24.5. The number of hydrogen-bond acceptors (Lipinski definition) is 5. The summed E-state index contributed by atoms with van der Waals surface area (Å²) in [5.74, 6) is -0.658. The van der Waals surface area contributed by atoms with Crippen LogP contribution in [-0.4, -0.2) is 54.1 Å². The van der Waals surface area contributed by atoms with Crippen LogP contribution in [0.3, 0.4) is 0 Å². The highest BCUT2D eigenvalue weighted by Gasteiger charge is 2.42. The summed E-state index contributed by atoms with van der Waals surface area (Å²) in [5, 5.41) is 2.93. The van der Waals surface area contributed by atoms with Gasteiger partial charge in [0.2, 0.25) is 12.3 Å². The van der Waals surface area contributed by atoms with Gasteiger partial charge in [0.05, 0.1) is 0 Å². The summed E-state index contributed by atoms with van der Waals surface area (Å²) in [5.41, 5.74) is 0. The zero-order valence-corrected chi connectivity index (χ0v) is 18.0. The number of rotatable bonds is 12. The molecule has 1 aliphatic heterocycles. The minimum atomic E-state index is -1.61. The van der Waals surface area contributed by atoms with Crippen molar-refractivity contribution < 1.29 is 23.5 Å². The van der Waals surface area contributed by atoms with Crippen LogP contribution < -0.4 is 5.32 Å². The van der Waals surface area contributed by atoms with E-state index in [1.54, 1.807) is 0 Å². The van der Waals surface area contributed by atoms with Crippen LogP contribution in [0.25, 0.3) is 0 Å². The standard InChI is InChI=1S/C21H37FN2O4/c1-6-9-16(14(4)23-15(5)25)12-24-13-17(19(26)8-3)11-18(24)21(27)28-20(22)10-7-2/h14,16-18,20H,6-13H2,1-5H3,(H,23,25)/t14?,16?,17-,18-,20?/m1/s1. The summed E-state index contributed by atoms with van der Waals surface area (Å²) in [7, 11) is 0. The molecule has 0 saturated carbocycles. The number of amides is 1. The minimum absolute atomic E-state index is 0.0518. The van der Waals surface area contributed by atoms with E-state index in [0.717, 1.165) is 12.8 Å². The van der Waals surface area contributed by atoms with Crippen LogP contribution in [0.5, 0.6) is 0 Å². The Morgan fingerprint density at radius 1 is 1.18 bits per heavy atom. The van der Waals surface area contributed by atoms with Crippen molar-refractivity contribution >= 4 is 17.7 Å². The Labute approximate surface area is 168 Å². The van der Waals surface area contributed by atoms with Crippen molar-refractivity contribution in [2.24, 2.45) is 11.8 Å². The molecule has 3 unspecified atom stereocenters.